The Morgan fingerprint density at radius 3 is 1.57 bits per heavy atom. The van der Waals surface area contributed by atoms with Crippen LogP contribution in [0.3, 0.4) is 0 Å². The normalized spacial score (nSPS) is 11.5. The summed E-state index contributed by atoms with van der Waals surface area (Å²) in [6, 6.07) is 64.0. The van der Waals surface area contributed by atoms with Crippen molar-refractivity contribution in [1.82, 2.24) is 19.5 Å². The first-order valence-corrected chi connectivity index (χ1v) is 17.2. The van der Waals surface area contributed by atoms with Crippen molar-refractivity contribution < 1.29 is 0 Å². The molecule has 0 atom stereocenters. The Morgan fingerprint density at radius 1 is 0.314 bits per heavy atom. The number of aromatic nitrogens is 4. The third-order valence-corrected chi connectivity index (χ3v) is 9.84. The van der Waals surface area contributed by atoms with Crippen molar-refractivity contribution in [3.05, 3.63) is 182 Å². The highest BCUT2D eigenvalue weighted by Crippen LogP contribution is 2.37. The van der Waals surface area contributed by atoms with Crippen molar-refractivity contribution in [2.24, 2.45) is 0 Å². The van der Waals surface area contributed by atoms with E-state index in [1.165, 1.54) is 38.0 Å². The van der Waals surface area contributed by atoms with E-state index in [4.69, 9.17) is 15.0 Å². The lowest BCUT2D eigenvalue weighted by atomic mass is 10.0. The molecule has 0 saturated heterocycles. The Bertz CT molecular complexity index is 2890. The van der Waals surface area contributed by atoms with E-state index in [0.717, 1.165) is 38.9 Å². The second-order valence-corrected chi connectivity index (χ2v) is 12.9. The minimum atomic E-state index is 0.646. The molecule has 10 rings (SSSR count). The van der Waals surface area contributed by atoms with E-state index < -0.39 is 0 Å². The van der Waals surface area contributed by atoms with Gasteiger partial charge in [0.05, 0.1) is 11.0 Å². The van der Waals surface area contributed by atoms with Gasteiger partial charge in [-0.05, 0) is 51.6 Å². The zero-order valence-corrected chi connectivity index (χ0v) is 27.6. The van der Waals surface area contributed by atoms with Crippen LogP contribution in [0.2, 0.25) is 0 Å². The Balaban J connectivity index is 1.03. The van der Waals surface area contributed by atoms with Crippen molar-refractivity contribution in [2.45, 2.75) is 0 Å². The summed E-state index contributed by atoms with van der Waals surface area (Å²) in [5.41, 5.74) is 8.71. The Morgan fingerprint density at radius 2 is 0.824 bits per heavy atom. The summed E-state index contributed by atoms with van der Waals surface area (Å²) in [5, 5.41) is 7.36. The van der Waals surface area contributed by atoms with Gasteiger partial charge in [-0.1, -0.05) is 158 Å². The van der Waals surface area contributed by atoms with Gasteiger partial charge in [-0.2, -0.15) is 0 Å². The van der Waals surface area contributed by atoms with Crippen LogP contribution in [-0.4, -0.2) is 19.5 Å². The maximum Gasteiger partial charge on any atom is 0.164 e. The summed E-state index contributed by atoms with van der Waals surface area (Å²) in [7, 11) is 0. The first kappa shape index (κ1) is 29.0. The molecule has 0 fully saturated rings. The molecule has 51 heavy (non-hydrogen) atoms. The summed E-state index contributed by atoms with van der Waals surface area (Å²) in [6.45, 7) is 0. The lowest BCUT2D eigenvalue weighted by molar-refractivity contribution is 1.07. The first-order chi connectivity index (χ1) is 25.3. The Hall–Kier alpha value is -6.91. The minimum Gasteiger partial charge on any atom is -0.309 e. The second kappa shape index (κ2) is 11.9. The van der Waals surface area contributed by atoms with Crippen molar-refractivity contribution >= 4 is 43.4 Å². The molecule has 0 radical (unpaired) electrons. The van der Waals surface area contributed by atoms with Crippen LogP contribution in [-0.2, 0) is 0 Å². The molecule has 0 saturated carbocycles. The van der Waals surface area contributed by atoms with Crippen LogP contribution < -0.4 is 0 Å². The molecule has 238 valence electrons. The third-order valence-electron chi connectivity index (χ3n) is 9.84. The molecule has 0 unspecified atom stereocenters. The van der Waals surface area contributed by atoms with Crippen molar-refractivity contribution in [3.8, 4) is 51.0 Å². The second-order valence-electron chi connectivity index (χ2n) is 12.9. The standard InChI is InChI=1S/C47H30N4/c1-2-12-35(13-3-1)45-48-46(50-47(49-45)38-23-20-31-10-4-5-14-37(31)30-38)36-21-18-32(19-22-36)33-24-27-39(28-25-33)51-43-17-9-8-16-41(43)42-29-26-34-11-6-7-15-40(34)44(42)51/h1-30H. The molecular weight excluding hydrogens is 621 g/mol. The van der Waals surface area contributed by atoms with Crippen LogP contribution in [0.4, 0.5) is 0 Å². The van der Waals surface area contributed by atoms with E-state index in [-0.39, 0.29) is 0 Å². The van der Waals surface area contributed by atoms with Crippen LogP contribution in [0.25, 0.3) is 94.3 Å². The third kappa shape index (κ3) is 5.04. The predicted octanol–water partition coefficient (Wildman–Crippen LogP) is 11.9. The van der Waals surface area contributed by atoms with Gasteiger partial charge in [-0.3, -0.25) is 0 Å². The monoisotopic (exact) mass is 650 g/mol. The van der Waals surface area contributed by atoms with E-state index in [0.29, 0.717) is 17.5 Å². The molecule has 0 aliphatic rings. The summed E-state index contributed by atoms with van der Waals surface area (Å²) in [4.78, 5) is 14.9. The van der Waals surface area contributed by atoms with Crippen LogP contribution in [0.1, 0.15) is 0 Å². The lowest BCUT2D eigenvalue weighted by Crippen LogP contribution is -2.00. The van der Waals surface area contributed by atoms with E-state index >= 15 is 0 Å². The number of benzene rings is 8. The SMILES string of the molecule is c1ccc(-c2nc(-c3ccc(-c4ccc(-n5c6ccccc6c6ccc7ccccc7c65)cc4)cc3)nc(-c3ccc4ccccc4c3)n2)cc1. The van der Waals surface area contributed by atoms with E-state index in [1.54, 1.807) is 0 Å². The maximum atomic E-state index is 5.00. The smallest absolute Gasteiger partial charge is 0.164 e. The molecule has 0 N–H and O–H groups in total. The molecule has 0 amide bonds. The topological polar surface area (TPSA) is 43.6 Å². The lowest BCUT2D eigenvalue weighted by Gasteiger charge is -2.12. The van der Waals surface area contributed by atoms with Gasteiger partial charge in [-0.15, -0.1) is 0 Å². The average molecular weight is 651 g/mol. The first-order valence-electron chi connectivity index (χ1n) is 17.2. The van der Waals surface area contributed by atoms with Crippen molar-refractivity contribution in [1.29, 1.82) is 0 Å². The number of hydrogen-bond acceptors (Lipinski definition) is 3. The van der Waals surface area contributed by atoms with Crippen LogP contribution in [0, 0.1) is 0 Å². The quantitative estimate of drug-likeness (QED) is 0.186. The highest BCUT2D eigenvalue weighted by molar-refractivity contribution is 6.18. The molecule has 4 heteroatoms. The van der Waals surface area contributed by atoms with Crippen LogP contribution >= 0.6 is 0 Å². The number of fused-ring (bicyclic) bond motifs is 6. The van der Waals surface area contributed by atoms with E-state index in [9.17, 15) is 0 Å². The molecule has 10 aromatic rings. The van der Waals surface area contributed by atoms with Gasteiger partial charge >= 0.3 is 0 Å². The van der Waals surface area contributed by atoms with Gasteiger partial charge < -0.3 is 4.57 Å². The summed E-state index contributed by atoms with van der Waals surface area (Å²) in [5.74, 6) is 1.95. The average Bonchev–Trinajstić information content (AvgIpc) is 3.56. The number of hydrogen-bond donors (Lipinski definition) is 0. The van der Waals surface area contributed by atoms with E-state index in [2.05, 4.69) is 156 Å². The largest absolute Gasteiger partial charge is 0.309 e. The van der Waals surface area contributed by atoms with Gasteiger partial charge in [0, 0.05) is 38.5 Å². The fraction of sp³-hybridized carbons (Fsp3) is 0. The van der Waals surface area contributed by atoms with Gasteiger partial charge in [0.2, 0.25) is 0 Å². The molecule has 0 bridgehead atoms. The molecule has 0 aliphatic carbocycles. The van der Waals surface area contributed by atoms with Gasteiger partial charge in [0.15, 0.2) is 17.5 Å². The number of nitrogens with zero attached hydrogens (tertiary/aromatic N) is 4. The van der Waals surface area contributed by atoms with Crippen LogP contribution in [0.5, 0.6) is 0 Å². The summed E-state index contributed by atoms with van der Waals surface area (Å²) >= 11 is 0. The van der Waals surface area contributed by atoms with Crippen LogP contribution in [0.15, 0.2) is 182 Å². The summed E-state index contributed by atoms with van der Waals surface area (Å²) in [6.07, 6.45) is 0. The summed E-state index contributed by atoms with van der Waals surface area (Å²) < 4.78 is 2.40. The highest BCUT2D eigenvalue weighted by Gasteiger charge is 2.16. The molecule has 8 aromatic carbocycles. The van der Waals surface area contributed by atoms with Gasteiger partial charge in [0.25, 0.3) is 0 Å². The molecule has 0 spiro atoms. The minimum absolute atomic E-state index is 0.646. The van der Waals surface area contributed by atoms with Gasteiger partial charge in [-0.25, -0.2) is 15.0 Å². The number of para-hydroxylation sites is 1. The molecular formula is C47H30N4. The van der Waals surface area contributed by atoms with E-state index in [1.807, 2.05) is 30.3 Å². The molecule has 2 heterocycles. The molecule has 4 nitrogen and oxygen atoms in total. The maximum absolute atomic E-state index is 5.00. The molecule has 2 aromatic heterocycles. The Kier molecular flexibility index (Phi) is 6.78. The predicted molar refractivity (Wildman–Crippen MR) is 211 cm³/mol. The zero-order valence-electron chi connectivity index (χ0n) is 27.6. The molecule has 0 aliphatic heterocycles. The fourth-order valence-electron chi connectivity index (χ4n) is 7.29. The highest BCUT2D eigenvalue weighted by atomic mass is 15.0. The zero-order chi connectivity index (χ0) is 33.7. The van der Waals surface area contributed by atoms with Crippen molar-refractivity contribution in [3.63, 3.8) is 0 Å². The number of rotatable bonds is 5. The van der Waals surface area contributed by atoms with Crippen molar-refractivity contribution in [2.75, 3.05) is 0 Å². The fourth-order valence-corrected chi connectivity index (χ4v) is 7.29. The Labute approximate surface area is 295 Å². The van der Waals surface area contributed by atoms with Gasteiger partial charge in [0.1, 0.15) is 0 Å².